The molecule has 0 unspecified atom stereocenters. The van der Waals surface area contributed by atoms with Gasteiger partial charge >= 0.3 is 5.97 Å². The van der Waals surface area contributed by atoms with E-state index in [0.29, 0.717) is 5.88 Å². The summed E-state index contributed by atoms with van der Waals surface area (Å²) in [5.41, 5.74) is 0.667. The van der Waals surface area contributed by atoms with Gasteiger partial charge in [0.2, 0.25) is 5.76 Å². The highest BCUT2D eigenvalue weighted by Gasteiger charge is 2.25. The van der Waals surface area contributed by atoms with E-state index in [1.165, 1.54) is 7.11 Å². The minimum Gasteiger partial charge on any atom is -0.463 e. The first-order valence-corrected chi connectivity index (χ1v) is 5.21. The summed E-state index contributed by atoms with van der Waals surface area (Å²) in [7, 11) is 1.32. The van der Waals surface area contributed by atoms with Gasteiger partial charge in [0.15, 0.2) is 0 Å². The highest BCUT2D eigenvalue weighted by atomic mass is 35.5. The summed E-state index contributed by atoms with van der Waals surface area (Å²) in [6.45, 7) is 6.01. The summed E-state index contributed by atoms with van der Waals surface area (Å²) in [6.07, 6.45) is 0. The smallest absolute Gasteiger partial charge is 0.373 e. The molecule has 0 spiro atoms. The van der Waals surface area contributed by atoms with Crippen molar-refractivity contribution in [2.45, 2.75) is 32.1 Å². The maximum absolute atomic E-state index is 11.3. The van der Waals surface area contributed by atoms with Gasteiger partial charge in [-0.05, 0) is 6.07 Å². The van der Waals surface area contributed by atoms with Crippen LogP contribution < -0.4 is 0 Å². The van der Waals surface area contributed by atoms with E-state index in [9.17, 15) is 4.79 Å². The van der Waals surface area contributed by atoms with Gasteiger partial charge in [-0.2, -0.15) is 0 Å². The quantitative estimate of drug-likeness (QED) is 0.579. The fraction of sp³-hybridized carbons (Fsp3) is 0.545. The minimum absolute atomic E-state index is 0.170. The number of carbonyl (C=O) groups is 1. The first kappa shape index (κ1) is 12.1. The van der Waals surface area contributed by atoms with Crippen molar-refractivity contribution < 1.29 is 13.9 Å². The lowest BCUT2D eigenvalue weighted by Crippen LogP contribution is -2.11. The van der Waals surface area contributed by atoms with Crippen molar-refractivity contribution in [3.8, 4) is 0 Å². The molecule has 3 nitrogen and oxygen atoms in total. The van der Waals surface area contributed by atoms with Gasteiger partial charge in [-0.3, -0.25) is 0 Å². The number of hydrogen-bond donors (Lipinski definition) is 0. The van der Waals surface area contributed by atoms with Crippen LogP contribution in [0.2, 0.25) is 0 Å². The molecule has 0 fully saturated rings. The Morgan fingerprint density at radius 1 is 1.53 bits per heavy atom. The van der Waals surface area contributed by atoms with Crippen molar-refractivity contribution in [3.05, 3.63) is 23.2 Å². The molecular weight excluding hydrogens is 216 g/mol. The SMILES string of the molecule is COC(=O)c1cc(CCl)c(C(C)(C)C)o1. The highest BCUT2D eigenvalue weighted by molar-refractivity contribution is 6.17. The number of methoxy groups -OCH3 is 1. The Hall–Kier alpha value is -0.960. The molecule has 0 aliphatic carbocycles. The van der Waals surface area contributed by atoms with E-state index < -0.39 is 5.97 Å². The van der Waals surface area contributed by atoms with E-state index >= 15 is 0 Å². The van der Waals surface area contributed by atoms with E-state index in [2.05, 4.69) is 4.74 Å². The molecule has 4 heteroatoms. The van der Waals surface area contributed by atoms with Gasteiger partial charge in [-0.25, -0.2) is 4.79 Å². The molecule has 0 radical (unpaired) electrons. The molecule has 15 heavy (non-hydrogen) atoms. The molecule has 0 aromatic carbocycles. The lowest BCUT2D eigenvalue weighted by Gasteiger charge is -2.16. The lowest BCUT2D eigenvalue weighted by atomic mass is 9.91. The average molecular weight is 231 g/mol. The average Bonchev–Trinajstić information content (AvgIpc) is 2.59. The third-order valence-electron chi connectivity index (χ3n) is 2.02. The molecule has 0 atom stereocenters. The normalized spacial score (nSPS) is 11.5. The Balaban J connectivity index is 3.17. The third-order valence-corrected chi connectivity index (χ3v) is 2.31. The van der Waals surface area contributed by atoms with Gasteiger partial charge < -0.3 is 9.15 Å². The minimum atomic E-state index is -0.475. The monoisotopic (exact) mass is 230 g/mol. The Labute approximate surface area is 94.4 Å². The predicted octanol–water partition coefficient (Wildman–Crippen LogP) is 3.10. The second kappa shape index (κ2) is 4.27. The van der Waals surface area contributed by atoms with E-state index in [0.717, 1.165) is 11.3 Å². The Morgan fingerprint density at radius 3 is 2.47 bits per heavy atom. The van der Waals surface area contributed by atoms with Crippen LogP contribution in [0.3, 0.4) is 0 Å². The molecule has 0 saturated carbocycles. The van der Waals surface area contributed by atoms with E-state index in [1.54, 1.807) is 6.07 Å². The van der Waals surface area contributed by atoms with Gasteiger partial charge in [-0.1, -0.05) is 20.8 Å². The Morgan fingerprint density at radius 2 is 2.13 bits per heavy atom. The maximum Gasteiger partial charge on any atom is 0.373 e. The van der Waals surface area contributed by atoms with Gasteiger partial charge in [0, 0.05) is 11.0 Å². The maximum atomic E-state index is 11.3. The molecule has 1 heterocycles. The molecule has 0 aliphatic heterocycles. The lowest BCUT2D eigenvalue weighted by molar-refractivity contribution is 0.0561. The van der Waals surface area contributed by atoms with Crippen LogP contribution in [0.1, 0.15) is 42.6 Å². The number of hydrogen-bond acceptors (Lipinski definition) is 3. The summed E-state index contributed by atoms with van der Waals surface area (Å²) >= 11 is 5.79. The second-order valence-electron chi connectivity index (χ2n) is 4.34. The van der Waals surface area contributed by atoms with Crippen LogP contribution in [0.15, 0.2) is 10.5 Å². The van der Waals surface area contributed by atoms with Crippen molar-refractivity contribution in [1.29, 1.82) is 0 Å². The van der Waals surface area contributed by atoms with Crippen molar-refractivity contribution in [2.75, 3.05) is 7.11 Å². The standard InChI is InChI=1S/C11H15ClO3/c1-11(2,3)9-7(6-12)5-8(15-9)10(13)14-4/h5H,6H2,1-4H3. The molecule has 0 saturated heterocycles. The van der Waals surface area contributed by atoms with Crippen LogP contribution in [0.4, 0.5) is 0 Å². The van der Waals surface area contributed by atoms with Crippen LogP contribution in [0, 0.1) is 0 Å². The first-order chi connectivity index (χ1) is 6.90. The predicted molar refractivity (Wildman–Crippen MR) is 58.3 cm³/mol. The molecule has 84 valence electrons. The highest BCUT2D eigenvalue weighted by Crippen LogP contribution is 2.30. The number of furan rings is 1. The number of rotatable bonds is 2. The first-order valence-electron chi connectivity index (χ1n) is 4.67. The third kappa shape index (κ3) is 2.53. The molecule has 0 aliphatic rings. The second-order valence-corrected chi connectivity index (χ2v) is 4.61. The largest absolute Gasteiger partial charge is 0.463 e. The zero-order valence-corrected chi connectivity index (χ0v) is 10.1. The fourth-order valence-electron chi connectivity index (χ4n) is 1.36. The summed E-state index contributed by atoms with van der Waals surface area (Å²) in [5, 5.41) is 0. The van der Waals surface area contributed by atoms with Crippen LogP contribution in [-0.4, -0.2) is 13.1 Å². The summed E-state index contributed by atoms with van der Waals surface area (Å²) < 4.78 is 10.0. The van der Waals surface area contributed by atoms with E-state index in [-0.39, 0.29) is 11.2 Å². The topological polar surface area (TPSA) is 39.4 Å². The number of carbonyl (C=O) groups excluding carboxylic acids is 1. The molecular formula is C11H15ClO3. The summed E-state index contributed by atoms with van der Waals surface area (Å²) in [6, 6.07) is 1.64. The molecule has 1 aromatic heterocycles. The molecule has 0 N–H and O–H groups in total. The number of alkyl halides is 1. The van der Waals surface area contributed by atoms with Crippen LogP contribution in [0.25, 0.3) is 0 Å². The van der Waals surface area contributed by atoms with Crippen molar-refractivity contribution in [3.63, 3.8) is 0 Å². The van der Waals surface area contributed by atoms with Crippen molar-refractivity contribution in [1.82, 2.24) is 0 Å². The number of halogens is 1. The number of ether oxygens (including phenoxy) is 1. The van der Waals surface area contributed by atoms with Crippen LogP contribution in [0.5, 0.6) is 0 Å². The van der Waals surface area contributed by atoms with Gasteiger partial charge in [0.05, 0.1) is 13.0 Å². The summed E-state index contributed by atoms with van der Waals surface area (Å²) in [4.78, 5) is 11.3. The summed E-state index contributed by atoms with van der Waals surface area (Å²) in [5.74, 6) is 0.792. The molecule has 0 amide bonds. The molecule has 1 aromatic rings. The van der Waals surface area contributed by atoms with Crippen LogP contribution in [-0.2, 0) is 16.0 Å². The van der Waals surface area contributed by atoms with E-state index in [1.807, 2.05) is 20.8 Å². The zero-order chi connectivity index (χ0) is 11.6. The Kier molecular flexibility index (Phi) is 3.45. The van der Waals surface area contributed by atoms with Crippen molar-refractivity contribution in [2.24, 2.45) is 0 Å². The van der Waals surface area contributed by atoms with Gasteiger partial charge in [0.1, 0.15) is 5.76 Å². The van der Waals surface area contributed by atoms with Gasteiger partial charge in [-0.15, -0.1) is 11.6 Å². The molecule has 0 bridgehead atoms. The van der Waals surface area contributed by atoms with E-state index in [4.69, 9.17) is 16.0 Å². The fourth-order valence-corrected chi connectivity index (χ4v) is 1.56. The number of esters is 1. The Bertz CT molecular complexity index is 360. The zero-order valence-electron chi connectivity index (χ0n) is 9.39. The van der Waals surface area contributed by atoms with Gasteiger partial charge in [0.25, 0.3) is 0 Å². The van der Waals surface area contributed by atoms with Crippen molar-refractivity contribution >= 4 is 17.6 Å². The van der Waals surface area contributed by atoms with Crippen LogP contribution >= 0.6 is 11.6 Å². The molecule has 1 rings (SSSR count).